The first-order chi connectivity index (χ1) is 14.5. The van der Waals surface area contributed by atoms with Crippen LogP contribution < -0.4 is 11.1 Å². The zero-order valence-electron chi connectivity index (χ0n) is 16.7. The highest BCUT2D eigenvalue weighted by Crippen LogP contribution is 2.26. The minimum atomic E-state index is -0.500. The van der Waals surface area contributed by atoms with Gasteiger partial charge in [-0.25, -0.2) is 0 Å². The van der Waals surface area contributed by atoms with Gasteiger partial charge in [-0.2, -0.15) is 0 Å². The molecule has 2 aromatic carbocycles. The second-order valence-corrected chi connectivity index (χ2v) is 8.11. The highest BCUT2D eigenvalue weighted by Gasteiger charge is 2.24. The Bertz CT molecular complexity index is 1070. The second-order valence-electron chi connectivity index (χ2n) is 7.67. The quantitative estimate of drug-likeness (QED) is 0.610. The van der Waals surface area contributed by atoms with Gasteiger partial charge >= 0.3 is 0 Å². The molecular weight excluding hydrogens is 400 g/mol. The standard InChI is InChI=1S/C23H25ClN4O2/c24-17-7-5-6-16(12-17)21(27-10-3-4-11-27)13-26-22(29)15-28-14-19(23(25)30)18-8-1-2-9-20(18)28/h1-2,5-9,12,14,21H,3-4,10-11,13,15H2,(H2,25,30)(H,26,29)/t21-/m0/s1. The molecule has 30 heavy (non-hydrogen) atoms. The van der Waals surface area contributed by atoms with E-state index in [1.54, 1.807) is 10.8 Å². The second kappa shape index (κ2) is 8.90. The van der Waals surface area contributed by atoms with Crippen LogP contribution >= 0.6 is 11.6 Å². The van der Waals surface area contributed by atoms with Gasteiger partial charge in [0.05, 0.1) is 11.6 Å². The largest absolute Gasteiger partial charge is 0.366 e. The van der Waals surface area contributed by atoms with Crippen molar-refractivity contribution < 1.29 is 9.59 Å². The summed E-state index contributed by atoms with van der Waals surface area (Å²) in [6, 6.07) is 15.4. The van der Waals surface area contributed by atoms with Crippen LogP contribution in [0.2, 0.25) is 5.02 Å². The lowest BCUT2D eigenvalue weighted by molar-refractivity contribution is -0.121. The first kappa shape index (κ1) is 20.4. The summed E-state index contributed by atoms with van der Waals surface area (Å²) in [5.74, 6) is -0.613. The Morgan fingerprint density at radius 3 is 2.60 bits per heavy atom. The van der Waals surface area contributed by atoms with Crippen LogP contribution in [0.1, 0.15) is 34.8 Å². The molecule has 0 unspecified atom stereocenters. The topological polar surface area (TPSA) is 80.4 Å². The predicted octanol–water partition coefficient (Wildman–Crippen LogP) is 3.35. The van der Waals surface area contributed by atoms with Crippen molar-refractivity contribution in [2.45, 2.75) is 25.4 Å². The normalized spacial score (nSPS) is 15.4. The monoisotopic (exact) mass is 424 g/mol. The molecule has 0 radical (unpaired) electrons. The number of nitrogens with zero attached hydrogens (tertiary/aromatic N) is 2. The molecule has 1 atom stereocenters. The lowest BCUT2D eigenvalue weighted by Gasteiger charge is -2.28. The van der Waals surface area contributed by atoms with Crippen LogP contribution in [0.25, 0.3) is 10.9 Å². The van der Waals surface area contributed by atoms with Crippen LogP contribution in [0.5, 0.6) is 0 Å². The van der Waals surface area contributed by atoms with Crippen LogP contribution in [0.15, 0.2) is 54.7 Å². The number of primary amides is 1. The Kier molecular flexibility index (Phi) is 6.06. The van der Waals surface area contributed by atoms with Crippen molar-refractivity contribution in [3.8, 4) is 0 Å². The highest BCUT2D eigenvalue weighted by atomic mass is 35.5. The number of rotatable bonds is 7. The van der Waals surface area contributed by atoms with Crippen molar-refractivity contribution in [3.05, 3.63) is 70.9 Å². The van der Waals surface area contributed by atoms with Gasteiger partial charge in [-0.05, 0) is 49.7 Å². The summed E-state index contributed by atoms with van der Waals surface area (Å²) in [4.78, 5) is 26.9. The summed E-state index contributed by atoms with van der Waals surface area (Å²) < 4.78 is 1.77. The number of benzene rings is 2. The molecule has 6 nitrogen and oxygen atoms in total. The molecule has 3 aromatic rings. The summed E-state index contributed by atoms with van der Waals surface area (Å²) in [6.45, 7) is 2.64. The number of hydrogen-bond acceptors (Lipinski definition) is 3. The molecule has 156 valence electrons. The van der Waals surface area contributed by atoms with Gasteiger partial charge in [0, 0.05) is 28.7 Å². The molecule has 1 aromatic heterocycles. The maximum absolute atomic E-state index is 12.8. The van der Waals surface area contributed by atoms with E-state index in [9.17, 15) is 9.59 Å². The Labute approximate surface area is 180 Å². The van der Waals surface area contributed by atoms with Crippen molar-refractivity contribution in [1.29, 1.82) is 0 Å². The van der Waals surface area contributed by atoms with E-state index in [-0.39, 0.29) is 18.5 Å². The van der Waals surface area contributed by atoms with Crippen molar-refractivity contribution in [3.63, 3.8) is 0 Å². The van der Waals surface area contributed by atoms with E-state index in [2.05, 4.69) is 16.3 Å². The molecule has 7 heteroatoms. The molecule has 1 saturated heterocycles. The molecule has 0 bridgehead atoms. The van der Waals surface area contributed by atoms with E-state index < -0.39 is 5.91 Å². The fraction of sp³-hybridized carbons (Fsp3) is 0.304. The number of aromatic nitrogens is 1. The number of nitrogens with one attached hydrogen (secondary N) is 1. The van der Waals surface area contributed by atoms with Gasteiger partial charge in [0.1, 0.15) is 6.54 Å². The average molecular weight is 425 g/mol. The molecule has 0 aliphatic carbocycles. The van der Waals surface area contributed by atoms with Gasteiger partial charge in [-0.3, -0.25) is 14.5 Å². The lowest BCUT2D eigenvalue weighted by Crippen LogP contribution is -2.38. The van der Waals surface area contributed by atoms with E-state index >= 15 is 0 Å². The van der Waals surface area contributed by atoms with Gasteiger partial charge in [0.15, 0.2) is 0 Å². The maximum atomic E-state index is 12.8. The third kappa shape index (κ3) is 4.35. The third-order valence-corrected chi connectivity index (χ3v) is 5.91. The molecule has 3 N–H and O–H groups in total. The van der Waals surface area contributed by atoms with Crippen LogP contribution in [0, 0.1) is 0 Å². The fourth-order valence-corrected chi connectivity index (χ4v) is 4.42. The van der Waals surface area contributed by atoms with Crippen LogP contribution in [-0.4, -0.2) is 40.9 Å². The fourth-order valence-electron chi connectivity index (χ4n) is 4.22. The van der Waals surface area contributed by atoms with E-state index in [0.717, 1.165) is 42.4 Å². The summed E-state index contributed by atoms with van der Waals surface area (Å²) in [5, 5.41) is 4.52. The number of carbonyl (C=O) groups excluding carboxylic acids is 2. The summed E-state index contributed by atoms with van der Waals surface area (Å²) in [6.07, 6.45) is 3.98. The van der Waals surface area contributed by atoms with E-state index in [1.165, 1.54) is 0 Å². The summed E-state index contributed by atoms with van der Waals surface area (Å²) >= 11 is 6.20. The minimum absolute atomic E-state index is 0.0812. The number of fused-ring (bicyclic) bond motifs is 1. The van der Waals surface area contributed by atoms with Gasteiger partial charge in [0.2, 0.25) is 5.91 Å². The SMILES string of the molecule is NC(=O)c1cn(CC(=O)NC[C@@H](c2cccc(Cl)c2)N2CCCC2)c2ccccc12. The minimum Gasteiger partial charge on any atom is -0.366 e. The molecule has 2 amide bonds. The van der Waals surface area contributed by atoms with Crippen molar-refractivity contribution in [2.24, 2.45) is 5.73 Å². The predicted molar refractivity (Wildman–Crippen MR) is 118 cm³/mol. The molecule has 0 saturated carbocycles. The zero-order valence-corrected chi connectivity index (χ0v) is 17.4. The first-order valence-corrected chi connectivity index (χ1v) is 10.5. The van der Waals surface area contributed by atoms with E-state index in [0.29, 0.717) is 17.1 Å². The number of likely N-dealkylation sites (tertiary alicyclic amines) is 1. The van der Waals surface area contributed by atoms with Crippen molar-refractivity contribution in [1.82, 2.24) is 14.8 Å². The Morgan fingerprint density at radius 1 is 1.10 bits per heavy atom. The Balaban J connectivity index is 1.49. The molecule has 0 spiro atoms. The number of amides is 2. The van der Waals surface area contributed by atoms with Gasteiger partial charge < -0.3 is 15.6 Å². The number of carbonyl (C=O) groups is 2. The highest BCUT2D eigenvalue weighted by molar-refractivity contribution is 6.30. The molecule has 4 rings (SSSR count). The zero-order chi connectivity index (χ0) is 21.1. The lowest BCUT2D eigenvalue weighted by atomic mass is 10.1. The van der Waals surface area contributed by atoms with E-state index in [4.69, 9.17) is 17.3 Å². The van der Waals surface area contributed by atoms with Gasteiger partial charge in [-0.15, -0.1) is 0 Å². The van der Waals surface area contributed by atoms with Gasteiger partial charge in [-0.1, -0.05) is 41.9 Å². The Hall–Kier alpha value is -2.83. The third-order valence-electron chi connectivity index (χ3n) is 5.68. The smallest absolute Gasteiger partial charge is 0.250 e. The average Bonchev–Trinajstić information content (AvgIpc) is 3.37. The number of para-hydroxylation sites is 1. The maximum Gasteiger partial charge on any atom is 0.250 e. The Morgan fingerprint density at radius 2 is 1.87 bits per heavy atom. The number of nitrogens with two attached hydrogens (primary N) is 1. The molecule has 1 fully saturated rings. The first-order valence-electron chi connectivity index (χ1n) is 10.2. The van der Waals surface area contributed by atoms with Crippen LogP contribution in [0.4, 0.5) is 0 Å². The number of hydrogen-bond donors (Lipinski definition) is 2. The van der Waals surface area contributed by atoms with Crippen LogP contribution in [0.3, 0.4) is 0 Å². The number of halogens is 1. The summed E-state index contributed by atoms with van der Waals surface area (Å²) in [7, 11) is 0. The van der Waals surface area contributed by atoms with Crippen molar-refractivity contribution >= 4 is 34.3 Å². The summed E-state index contributed by atoms with van der Waals surface area (Å²) in [5.41, 5.74) is 7.84. The van der Waals surface area contributed by atoms with E-state index in [1.807, 2.05) is 42.5 Å². The van der Waals surface area contributed by atoms with Crippen LogP contribution in [-0.2, 0) is 11.3 Å². The van der Waals surface area contributed by atoms with Gasteiger partial charge in [0.25, 0.3) is 5.91 Å². The molecular formula is C23H25ClN4O2. The molecule has 1 aliphatic rings. The molecule has 1 aliphatic heterocycles. The molecule has 2 heterocycles. The van der Waals surface area contributed by atoms with Crippen molar-refractivity contribution in [2.75, 3.05) is 19.6 Å².